The van der Waals surface area contributed by atoms with Crippen LogP contribution in [0.15, 0.2) is 24.3 Å². The highest BCUT2D eigenvalue weighted by molar-refractivity contribution is 5.98. The van der Waals surface area contributed by atoms with Gasteiger partial charge in [-0.15, -0.1) is 0 Å². The molecule has 0 aromatic heterocycles. The summed E-state index contributed by atoms with van der Waals surface area (Å²) < 4.78 is 0. The van der Waals surface area contributed by atoms with E-state index >= 15 is 0 Å². The molecule has 2 atom stereocenters. The number of rotatable bonds is 3. The highest BCUT2D eigenvalue weighted by atomic mass is 16.1. The minimum absolute atomic E-state index is 0.153. The molecule has 1 aromatic carbocycles. The standard InChI is InChI=1S/C15H21NO/c1-10(2)12-4-6-13(7-5-12)15(17)14-8-9-16-11(14)3/h4-7,10-11,14,16H,8-9H2,1-3H3. The van der Waals surface area contributed by atoms with Crippen molar-refractivity contribution in [3.8, 4) is 0 Å². The zero-order valence-corrected chi connectivity index (χ0v) is 10.9. The van der Waals surface area contributed by atoms with E-state index < -0.39 is 0 Å². The van der Waals surface area contributed by atoms with E-state index in [1.54, 1.807) is 0 Å². The van der Waals surface area contributed by atoms with Crippen LogP contribution in [-0.2, 0) is 0 Å². The van der Waals surface area contributed by atoms with E-state index in [1.165, 1.54) is 5.56 Å². The molecule has 2 heteroatoms. The first kappa shape index (κ1) is 12.3. The van der Waals surface area contributed by atoms with Crippen molar-refractivity contribution in [3.05, 3.63) is 35.4 Å². The van der Waals surface area contributed by atoms with Crippen LogP contribution in [0.25, 0.3) is 0 Å². The van der Waals surface area contributed by atoms with Gasteiger partial charge in [-0.1, -0.05) is 38.1 Å². The largest absolute Gasteiger partial charge is 0.313 e. The van der Waals surface area contributed by atoms with Crippen molar-refractivity contribution in [1.82, 2.24) is 5.32 Å². The molecule has 0 aliphatic carbocycles. The highest BCUT2D eigenvalue weighted by Gasteiger charge is 2.29. The Morgan fingerprint density at radius 1 is 1.29 bits per heavy atom. The molecule has 2 unspecified atom stereocenters. The molecular formula is C15H21NO. The predicted octanol–water partition coefficient (Wildman–Crippen LogP) is 2.99. The Morgan fingerprint density at radius 3 is 2.41 bits per heavy atom. The number of benzene rings is 1. The zero-order chi connectivity index (χ0) is 12.4. The maximum atomic E-state index is 12.3. The fourth-order valence-corrected chi connectivity index (χ4v) is 2.46. The van der Waals surface area contributed by atoms with Gasteiger partial charge in [0.15, 0.2) is 5.78 Å². The average Bonchev–Trinajstić information content (AvgIpc) is 2.74. The third-order valence-electron chi connectivity index (χ3n) is 3.72. The Kier molecular flexibility index (Phi) is 3.63. The molecule has 0 amide bonds. The second-order valence-electron chi connectivity index (χ2n) is 5.28. The Morgan fingerprint density at radius 2 is 1.94 bits per heavy atom. The first-order valence-electron chi connectivity index (χ1n) is 6.47. The van der Waals surface area contributed by atoms with Gasteiger partial charge in [0.1, 0.15) is 0 Å². The Balaban J connectivity index is 2.14. The van der Waals surface area contributed by atoms with Crippen LogP contribution in [0.3, 0.4) is 0 Å². The summed E-state index contributed by atoms with van der Waals surface area (Å²) >= 11 is 0. The zero-order valence-electron chi connectivity index (χ0n) is 10.9. The molecular weight excluding hydrogens is 210 g/mol. The Hall–Kier alpha value is -1.15. The van der Waals surface area contributed by atoms with E-state index in [0.717, 1.165) is 18.5 Å². The number of nitrogens with one attached hydrogen (secondary N) is 1. The summed E-state index contributed by atoms with van der Waals surface area (Å²) in [4.78, 5) is 12.3. The average molecular weight is 231 g/mol. The number of carbonyl (C=O) groups excluding carboxylic acids is 1. The Labute approximate surface area is 103 Å². The van der Waals surface area contributed by atoms with Gasteiger partial charge in [-0.2, -0.15) is 0 Å². The summed E-state index contributed by atoms with van der Waals surface area (Å²) in [5.41, 5.74) is 2.15. The lowest BCUT2D eigenvalue weighted by Gasteiger charge is -2.14. The second-order valence-corrected chi connectivity index (χ2v) is 5.28. The third kappa shape index (κ3) is 2.58. The summed E-state index contributed by atoms with van der Waals surface area (Å²) in [6, 6.07) is 8.41. The van der Waals surface area contributed by atoms with Gasteiger partial charge in [0, 0.05) is 17.5 Å². The lowest BCUT2D eigenvalue weighted by Crippen LogP contribution is -2.28. The van der Waals surface area contributed by atoms with Crippen molar-refractivity contribution in [2.75, 3.05) is 6.54 Å². The quantitative estimate of drug-likeness (QED) is 0.810. The summed E-state index contributed by atoms with van der Waals surface area (Å²) in [7, 11) is 0. The van der Waals surface area contributed by atoms with Crippen molar-refractivity contribution < 1.29 is 4.79 Å². The van der Waals surface area contributed by atoms with Gasteiger partial charge < -0.3 is 5.32 Å². The predicted molar refractivity (Wildman–Crippen MR) is 70.4 cm³/mol. The summed E-state index contributed by atoms with van der Waals surface area (Å²) in [6.07, 6.45) is 0.964. The van der Waals surface area contributed by atoms with Crippen LogP contribution in [0, 0.1) is 5.92 Å². The maximum absolute atomic E-state index is 12.3. The first-order valence-corrected chi connectivity index (χ1v) is 6.47. The van der Waals surface area contributed by atoms with Crippen molar-refractivity contribution in [3.63, 3.8) is 0 Å². The molecule has 17 heavy (non-hydrogen) atoms. The van der Waals surface area contributed by atoms with Crippen LogP contribution < -0.4 is 5.32 Å². The van der Waals surface area contributed by atoms with Crippen molar-refractivity contribution in [1.29, 1.82) is 0 Å². The molecule has 1 heterocycles. The molecule has 1 N–H and O–H groups in total. The minimum atomic E-state index is 0.153. The molecule has 1 saturated heterocycles. The van der Waals surface area contributed by atoms with Gasteiger partial charge in [0.25, 0.3) is 0 Å². The normalized spacial score (nSPS) is 24.2. The Bertz CT molecular complexity index is 394. The molecule has 2 nitrogen and oxygen atoms in total. The smallest absolute Gasteiger partial charge is 0.167 e. The van der Waals surface area contributed by atoms with Crippen LogP contribution in [0.5, 0.6) is 0 Å². The molecule has 0 bridgehead atoms. The lowest BCUT2D eigenvalue weighted by molar-refractivity contribution is 0.0914. The lowest BCUT2D eigenvalue weighted by atomic mass is 9.91. The monoisotopic (exact) mass is 231 g/mol. The van der Waals surface area contributed by atoms with E-state index in [2.05, 4.69) is 38.2 Å². The second kappa shape index (κ2) is 5.01. The minimum Gasteiger partial charge on any atom is -0.313 e. The summed E-state index contributed by atoms with van der Waals surface area (Å²) in [6.45, 7) is 7.39. The number of hydrogen-bond donors (Lipinski definition) is 1. The van der Waals surface area contributed by atoms with Crippen molar-refractivity contribution in [2.24, 2.45) is 5.92 Å². The maximum Gasteiger partial charge on any atom is 0.167 e. The summed E-state index contributed by atoms with van der Waals surface area (Å²) in [5, 5.41) is 3.33. The van der Waals surface area contributed by atoms with E-state index in [-0.39, 0.29) is 11.7 Å². The van der Waals surface area contributed by atoms with Gasteiger partial charge in [0.05, 0.1) is 0 Å². The van der Waals surface area contributed by atoms with Crippen molar-refractivity contribution in [2.45, 2.75) is 39.2 Å². The van der Waals surface area contributed by atoms with E-state index in [0.29, 0.717) is 12.0 Å². The number of hydrogen-bond acceptors (Lipinski definition) is 2. The molecule has 0 spiro atoms. The van der Waals surface area contributed by atoms with Gasteiger partial charge in [-0.05, 0) is 31.4 Å². The molecule has 0 saturated carbocycles. The molecule has 2 rings (SSSR count). The van der Waals surface area contributed by atoms with Crippen LogP contribution in [0.2, 0.25) is 0 Å². The summed E-state index contributed by atoms with van der Waals surface area (Å²) in [5.74, 6) is 0.962. The van der Waals surface area contributed by atoms with Gasteiger partial charge in [0.2, 0.25) is 0 Å². The van der Waals surface area contributed by atoms with Crippen LogP contribution >= 0.6 is 0 Å². The molecule has 1 aliphatic rings. The van der Waals surface area contributed by atoms with Gasteiger partial charge in [-0.3, -0.25) is 4.79 Å². The highest BCUT2D eigenvalue weighted by Crippen LogP contribution is 2.22. The van der Waals surface area contributed by atoms with Gasteiger partial charge in [-0.25, -0.2) is 0 Å². The molecule has 1 aromatic rings. The van der Waals surface area contributed by atoms with Crippen LogP contribution in [0.4, 0.5) is 0 Å². The number of ketones is 1. The van der Waals surface area contributed by atoms with E-state index in [9.17, 15) is 4.79 Å². The fraction of sp³-hybridized carbons (Fsp3) is 0.533. The van der Waals surface area contributed by atoms with E-state index in [1.807, 2.05) is 12.1 Å². The van der Waals surface area contributed by atoms with E-state index in [4.69, 9.17) is 0 Å². The first-order chi connectivity index (χ1) is 8.09. The number of carbonyl (C=O) groups is 1. The van der Waals surface area contributed by atoms with Crippen molar-refractivity contribution >= 4 is 5.78 Å². The van der Waals surface area contributed by atoms with Gasteiger partial charge >= 0.3 is 0 Å². The third-order valence-corrected chi connectivity index (χ3v) is 3.72. The molecule has 1 aliphatic heterocycles. The molecule has 92 valence electrons. The topological polar surface area (TPSA) is 29.1 Å². The SMILES string of the molecule is CC(C)c1ccc(C(=O)C2CCNC2C)cc1. The fourth-order valence-electron chi connectivity index (χ4n) is 2.46. The number of Topliss-reactive ketones (excluding diaryl/α,β-unsaturated/α-hetero) is 1. The molecule has 1 fully saturated rings. The van der Waals surface area contributed by atoms with Crippen LogP contribution in [-0.4, -0.2) is 18.4 Å². The van der Waals surface area contributed by atoms with Crippen LogP contribution in [0.1, 0.15) is 49.0 Å². The molecule has 0 radical (unpaired) electrons.